The normalized spacial score (nSPS) is 12.6. The standard InChI is InChI=1S/C15H18O2/c1-11(2)6-5-8-13(16)15-10-12-7-3-4-9-14(12)17-15/h3-4,6-7,9-10,13,16H,5,8H2,1-2H3. The van der Waals surface area contributed by atoms with Gasteiger partial charge < -0.3 is 9.52 Å². The predicted octanol–water partition coefficient (Wildman–Crippen LogP) is 4.21. The van der Waals surface area contributed by atoms with Crippen LogP contribution in [0.2, 0.25) is 0 Å². The molecule has 1 unspecified atom stereocenters. The van der Waals surface area contributed by atoms with E-state index in [0.29, 0.717) is 12.2 Å². The Kier molecular flexibility index (Phi) is 3.64. The molecular formula is C15H18O2. The summed E-state index contributed by atoms with van der Waals surface area (Å²) < 4.78 is 5.62. The lowest BCUT2D eigenvalue weighted by molar-refractivity contribution is 0.143. The minimum Gasteiger partial charge on any atom is -0.458 e. The fourth-order valence-corrected chi connectivity index (χ4v) is 1.84. The highest BCUT2D eigenvalue weighted by atomic mass is 16.4. The van der Waals surface area contributed by atoms with Crippen molar-refractivity contribution in [2.24, 2.45) is 0 Å². The Morgan fingerprint density at radius 1 is 1.35 bits per heavy atom. The van der Waals surface area contributed by atoms with Crippen molar-refractivity contribution in [2.45, 2.75) is 32.8 Å². The van der Waals surface area contributed by atoms with Gasteiger partial charge in [0.2, 0.25) is 0 Å². The molecule has 1 heterocycles. The molecule has 1 N–H and O–H groups in total. The zero-order valence-electron chi connectivity index (χ0n) is 10.3. The highest BCUT2D eigenvalue weighted by molar-refractivity contribution is 5.77. The number of hydrogen-bond donors (Lipinski definition) is 1. The molecule has 1 aromatic heterocycles. The van der Waals surface area contributed by atoms with Crippen molar-refractivity contribution in [1.82, 2.24) is 0 Å². The summed E-state index contributed by atoms with van der Waals surface area (Å²) in [6, 6.07) is 9.73. The summed E-state index contributed by atoms with van der Waals surface area (Å²) in [7, 11) is 0. The molecule has 0 saturated heterocycles. The second-order valence-electron chi connectivity index (χ2n) is 4.56. The van der Waals surface area contributed by atoms with E-state index in [4.69, 9.17) is 4.42 Å². The number of aliphatic hydroxyl groups is 1. The highest BCUT2D eigenvalue weighted by Gasteiger charge is 2.12. The van der Waals surface area contributed by atoms with Gasteiger partial charge in [-0.15, -0.1) is 0 Å². The van der Waals surface area contributed by atoms with E-state index in [-0.39, 0.29) is 0 Å². The highest BCUT2D eigenvalue weighted by Crippen LogP contribution is 2.26. The van der Waals surface area contributed by atoms with E-state index < -0.39 is 6.10 Å². The van der Waals surface area contributed by atoms with Crippen LogP contribution in [0.5, 0.6) is 0 Å². The van der Waals surface area contributed by atoms with Gasteiger partial charge in [0.15, 0.2) is 0 Å². The molecule has 0 bridgehead atoms. The van der Waals surface area contributed by atoms with Gasteiger partial charge in [-0.2, -0.15) is 0 Å². The minimum absolute atomic E-state index is 0.516. The number of furan rings is 1. The fraction of sp³-hybridized carbons (Fsp3) is 0.333. The van der Waals surface area contributed by atoms with Crippen LogP contribution in [0.25, 0.3) is 11.0 Å². The van der Waals surface area contributed by atoms with Crippen LogP contribution < -0.4 is 0 Å². The Labute approximate surface area is 102 Å². The summed E-state index contributed by atoms with van der Waals surface area (Å²) in [4.78, 5) is 0. The summed E-state index contributed by atoms with van der Waals surface area (Å²) in [6.45, 7) is 4.13. The van der Waals surface area contributed by atoms with Gasteiger partial charge in [0, 0.05) is 5.39 Å². The zero-order valence-corrected chi connectivity index (χ0v) is 10.3. The van der Waals surface area contributed by atoms with Crippen LogP contribution >= 0.6 is 0 Å². The first-order chi connectivity index (χ1) is 8.16. The number of benzene rings is 1. The van der Waals surface area contributed by atoms with Crippen molar-refractivity contribution in [1.29, 1.82) is 0 Å². The Morgan fingerprint density at radius 2 is 2.12 bits per heavy atom. The maximum absolute atomic E-state index is 10.0. The van der Waals surface area contributed by atoms with E-state index in [1.165, 1.54) is 5.57 Å². The summed E-state index contributed by atoms with van der Waals surface area (Å²) in [5.41, 5.74) is 2.12. The lowest BCUT2D eigenvalue weighted by Crippen LogP contribution is -1.94. The summed E-state index contributed by atoms with van der Waals surface area (Å²) >= 11 is 0. The molecule has 0 radical (unpaired) electrons. The first-order valence-electron chi connectivity index (χ1n) is 5.96. The Balaban J connectivity index is 2.08. The Hall–Kier alpha value is -1.54. The van der Waals surface area contributed by atoms with Gasteiger partial charge in [0.25, 0.3) is 0 Å². The second kappa shape index (κ2) is 5.19. The van der Waals surface area contributed by atoms with Crippen LogP contribution in [0.1, 0.15) is 38.6 Å². The molecule has 90 valence electrons. The van der Waals surface area contributed by atoms with E-state index >= 15 is 0 Å². The molecule has 2 rings (SSSR count). The van der Waals surface area contributed by atoms with Gasteiger partial charge >= 0.3 is 0 Å². The third-order valence-corrected chi connectivity index (χ3v) is 2.77. The van der Waals surface area contributed by atoms with Crippen molar-refractivity contribution < 1.29 is 9.52 Å². The molecular weight excluding hydrogens is 212 g/mol. The number of aliphatic hydroxyl groups excluding tert-OH is 1. The average molecular weight is 230 g/mol. The molecule has 0 aliphatic rings. The molecule has 0 amide bonds. The maximum Gasteiger partial charge on any atom is 0.134 e. The lowest BCUT2D eigenvalue weighted by atomic mass is 10.1. The lowest BCUT2D eigenvalue weighted by Gasteiger charge is -2.05. The number of fused-ring (bicyclic) bond motifs is 1. The summed E-state index contributed by atoms with van der Waals surface area (Å²) in [5.74, 6) is 0.661. The van der Waals surface area contributed by atoms with Crippen molar-refractivity contribution in [2.75, 3.05) is 0 Å². The molecule has 0 aliphatic heterocycles. The van der Waals surface area contributed by atoms with Crippen molar-refractivity contribution in [3.63, 3.8) is 0 Å². The molecule has 2 aromatic rings. The quantitative estimate of drug-likeness (QED) is 0.798. The number of rotatable bonds is 4. The third kappa shape index (κ3) is 2.98. The van der Waals surface area contributed by atoms with Gasteiger partial charge in [-0.1, -0.05) is 29.8 Å². The molecule has 0 aliphatic carbocycles. The topological polar surface area (TPSA) is 33.4 Å². The molecule has 17 heavy (non-hydrogen) atoms. The van der Waals surface area contributed by atoms with Gasteiger partial charge in [-0.05, 0) is 38.8 Å². The van der Waals surface area contributed by atoms with Crippen LogP contribution in [0.15, 0.2) is 46.4 Å². The van der Waals surface area contributed by atoms with Gasteiger partial charge in [-0.25, -0.2) is 0 Å². The van der Waals surface area contributed by atoms with Crippen LogP contribution in [-0.4, -0.2) is 5.11 Å². The Bertz CT molecular complexity index is 485. The van der Waals surface area contributed by atoms with Crippen LogP contribution in [0.3, 0.4) is 0 Å². The zero-order chi connectivity index (χ0) is 12.3. The van der Waals surface area contributed by atoms with Crippen LogP contribution in [-0.2, 0) is 0 Å². The molecule has 0 spiro atoms. The largest absolute Gasteiger partial charge is 0.458 e. The van der Waals surface area contributed by atoms with Crippen molar-refractivity contribution in [3.05, 3.63) is 47.7 Å². The molecule has 0 saturated carbocycles. The van der Waals surface area contributed by atoms with E-state index in [9.17, 15) is 5.11 Å². The first kappa shape index (κ1) is 11.9. The van der Waals surface area contributed by atoms with Crippen molar-refractivity contribution >= 4 is 11.0 Å². The predicted molar refractivity (Wildman–Crippen MR) is 69.8 cm³/mol. The molecule has 2 heteroatoms. The van der Waals surface area contributed by atoms with Crippen LogP contribution in [0, 0.1) is 0 Å². The first-order valence-corrected chi connectivity index (χ1v) is 5.96. The molecule has 1 atom stereocenters. The monoisotopic (exact) mass is 230 g/mol. The smallest absolute Gasteiger partial charge is 0.134 e. The number of allylic oxidation sites excluding steroid dienone is 2. The molecule has 2 nitrogen and oxygen atoms in total. The summed E-state index contributed by atoms with van der Waals surface area (Å²) in [6.07, 6.45) is 3.19. The third-order valence-electron chi connectivity index (χ3n) is 2.77. The Morgan fingerprint density at radius 3 is 2.82 bits per heavy atom. The van der Waals surface area contributed by atoms with Gasteiger partial charge in [0.05, 0.1) is 0 Å². The maximum atomic E-state index is 10.0. The van der Waals surface area contributed by atoms with Crippen LogP contribution in [0.4, 0.5) is 0 Å². The molecule has 1 aromatic carbocycles. The second-order valence-corrected chi connectivity index (χ2v) is 4.56. The van der Waals surface area contributed by atoms with Gasteiger partial charge in [0.1, 0.15) is 17.4 Å². The van der Waals surface area contributed by atoms with Crippen molar-refractivity contribution in [3.8, 4) is 0 Å². The van der Waals surface area contributed by atoms with E-state index in [2.05, 4.69) is 19.9 Å². The fourth-order valence-electron chi connectivity index (χ4n) is 1.84. The number of hydrogen-bond acceptors (Lipinski definition) is 2. The number of para-hydroxylation sites is 1. The SMILES string of the molecule is CC(C)=CCCC(O)c1cc2ccccc2o1. The van der Waals surface area contributed by atoms with E-state index in [1.54, 1.807) is 0 Å². The van der Waals surface area contributed by atoms with E-state index in [1.807, 2.05) is 30.3 Å². The molecule has 0 fully saturated rings. The summed E-state index contributed by atoms with van der Waals surface area (Å²) in [5, 5.41) is 11.1. The van der Waals surface area contributed by atoms with E-state index in [0.717, 1.165) is 17.4 Å². The average Bonchev–Trinajstić information content (AvgIpc) is 2.71. The minimum atomic E-state index is -0.516. The van der Waals surface area contributed by atoms with Gasteiger partial charge in [-0.3, -0.25) is 0 Å².